The Hall–Kier alpha value is -0.880. The van der Waals surface area contributed by atoms with Crippen molar-refractivity contribution in [1.82, 2.24) is 5.32 Å². The SMILES string of the molecule is O=C(NC1CCS(=O)CC1)c1cc(Br)ccc1O. The third-order valence-corrected chi connectivity index (χ3v) is 4.80. The first-order chi connectivity index (χ1) is 8.56. The van der Waals surface area contributed by atoms with Crippen LogP contribution in [0.5, 0.6) is 5.75 Å². The van der Waals surface area contributed by atoms with Crippen molar-refractivity contribution in [3.8, 4) is 5.75 Å². The lowest BCUT2D eigenvalue weighted by atomic mass is 10.1. The van der Waals surface area contributed by atoms with Gasteiger partial charge in [0.15, 0.2) is 0 Å². The van der Waals surface area contributed by atoms with Crippen molar-refractivity contribution in [3.63, 3.8) is 0 Å². The largest absolute Gasteiger partial charge is 0.507 e. The van der Waals surface area contributed by atoms with E-state index in [9.17, 15) is 14.1 Å². The predicted octanol–water partition coefficient (Wildman–Crippen LogP) is 1.80. The average molecular weight is 332 g/mol. The first-order valence-electron chi connectivity index (χ1n) is 5.70. The van der Waals surface area contributed by atoms with Crippen molar-refractivity contribution in [1.29, 1.82) is 0 Å². The van der Waals surface area contributed by atoms with E-state index in [2.05, 4.69) is 21.2 Å². The number of hydrogen-bond donors (Lipinski definition) is 2. The molecule has 1 aliphatic rings. The quantitative estimate of drug-likeness (QED) is 0.868. The fourth-order valence-electron chi connectivity index (χ4n) is 1.89. The molecule has 0 unspecified atom stereocenters. The van der Waals surface area contributed by atoms with Gasteiger partial charge in [-0.2, -0.15) is 0 Å². The molecule has 0 radical (unpaired) electrons. The molecule has 1 aromatic carbocycles. The zero-order valence-electron chi connectivity index (χ0n) is 9.69. The number of nitrogens with one attached hydrogen (secondary N) is 1. The molecular formula is C12H14BrNO3S. The van der Waals surface area contributed by atoms with E-state index >= 15 is 0 Å². The molecule has 1 amide bonds. The summed E-state index contributed by atoms with van der Waals surface area (Å²) in [6.45, 7) is 0. The Kier molecular flexibility index (Phi) is 4.40. The minimum atomic E-state index is -0.736. The summed E-state index contributed by atoms with van der Waals surface area (Å²) in [5.41, 5.74) is 0.260. The van der Waals surface area contributed by atoms with Crippen LogP contribution < -0.4 is 5.32 Å². The number of hydrogen-bond acceptors (Lipinski definition) is 3. The van der Waals surface area contributed by atoms with Crippen LogP contribution in [0.2, 0.25) is 0 Å². The van der Waals surface area contributed by atoms with Gasteiger partial charge in [0.1, 0.15) is 5.75 Å². The van der Waals surface area contributed by atoms with Crippen molar-refractivity contribution in [2.75, 3.05) is 11.5 Å². The summed E-state index contributed by atoms with van der Waals surface area (Å²) >= 11 is 3.27. The molecule has 2 N–H and O–H groups in total. The first kappa shape index (κ1) is 13.5. The molecule has 1 heterocycles. The molecule has 0 aromatic heterocycles. The van der Waals surface area contributed by atoms with E-state index in [1.807, 2.05) is 0 Å². The summed E-state index contributed by atoms with van der Waals surface area (Å²) in [4.78, 5) is 12.0. The number of aromatic hydroxyl groups is 1. The minimum absolute atomic E-state index is 0.0323. The monoisotopic (exact) mass is 331 g/mol. The van der Waals surface area contributed by atoms with Crippen LogP contribution in [0.1, 0.15) is 23.2 Å². The lowest BCUT2D eigenvalue weighted by Crippen LogP contribution is -2.39. The van der Waals surface area contributed by atoms with Crippen LogP contribution in [0.25, 0.3) is 0 Å². The molecule has 6 heteroatoms. The molecule has 98 valence electrons. The molecule has 4 nitrogen and oxygen atoms in total. The molecule has 1 aromatic rings. The summed E-state index contributed by atoms with van der Waals surface area (Å²) in [5.74, 6) is 0.951. The number of carbonyl (C=O) groups is 1. The van der Waals surface area contributed by atoms with Crippen LogP contribution in [0, 0.1) is 0 Å². The van der Waals surface area contributed by atoms with E-state index in [0.29, 0.717) is 11.5 Å². The zero-order valence-corrected chi connectivity index (χ0v) is 12.1. The number of carbonyl (C=O) groups excluding carboxylic acids is 1. The Morgan fingerprint density at radius 1 is 1.39 bits per heavy atom. The van der Waals surface area contributed by atoms with Crippen LogP contribution in [-0.2, 0) is 10.8 Å². The Morgan fingerprint density at radius 2 is 2.06 bits per heavy atom. The molecular weight excluding hydrogens is 318 g/mol. The van der Waals surface area contributed by atoms with Gasteiger partial charge in [-0.05, 0) is 31.0 Å². The van der Waals surface area contributed by atoms with Crippen molar-refractivity contribution in [2.45, 2.75) is 18.9 Å². The fourth-order valence-corrected chi connectivity index (χ4v) is 3.55. The number of amides is 1. The molecule has 1 fully saturated rings. The van der Waals surface area contributed by atoms with Gasteiger partial charge in [-0.3, -0.25) is 9.00 Å². The summed E-state index contributed by atoms with van der Waals surface area (Å²) in [6.07, 6.45) is 1.46. The molecule has 0 bridgehead atoms. The van der Waals surface area contributed by atoms with E-state index < -0.39 is 10.8 Å². The van der Waals surface area contributed by atoms with Gasteiger partial charge in [-0.1, -0.05) is 15.9 Å². The van der Waals surface area contributed by atoms with Crippen molar-refractivity contribution >= 4 is 32.6 Å². The van der Waals surface area contributed by atoms with E-state index in [0.717, 1.165) is 17.3 Å². The van der Waals surface area contributed by atoms with Gasteiger partial charge in [-0.15, -0.1) is 0 Å². The number of phenols is 1. The van der Waals surface area contributed by atoms with E-state index in [4.69, 9.17) is 0 Å². The number of halogens is 1. The van der Waals surface area contributed by atoms with Gasteiger partial charge in [0, 0.05) is 32.8 Å². The number of rotatable bonds is 2. The van der Waals surface area contributed by atoms with Crippen LogP contribution in [0.4, 0.5) is 0 Å². The molecule has 0 atom stereocenters. The molecule has 0 aliphatic carbocycles. The van der Waals surface area contributed by atoms with Gasteiger partial charge >= 0.3 is 0 Å². The van der Waals surface area contributed by atoms with Crippen molar-refractivity contribution in [3.05, 3.63) is 28.2 Å². The second-order valence-electron chi connectivity index (χ2n) is 4.26. The second kappa shape index (κ2) is 5.84. The maximum atomic E-state index is 12.0. The van der Waals surface area contributed by atoms with Crippen molar-refractivity contribution in [2.24, 2.45) is 0 Å². The second-order valence-corrected chi connectivity index (χ2v) is 6.87. The molecule has 2 rings (SSSR count). The normalized spacial score (nSPS) is 23.6. The summed E-state index contributed by atoms with van der Waals surface area (Å²) in [7, 11) is -0.736. The van der Waals surface area contributed by atoms with Crippen LogP contribution >= 0.6 is 15.9 Å². The number of benzene rings is 1. The highest BCUT2D eigenvalue weighted by Crippen LogP contribution is 2.22. The zero-order chi connectivity index (χ0) is 13.1. The molecule has 1 saturated heterocycles. The van der Waals surface area contributed by atoms with E-state index in [1.54, 1.807) is 12.1 Å². The Balaban J connectivity index is 2.03. The lowest BCUT2D eigenvalue weighted by Gasteiger charge is -2.22. The third kappa shape index (κ3) is 3.32. The first-order valence-corrected chi connectivity index (χ1v) is 7.98. The minimum Gasteiger partial charge on any atom is -0.507 e. The smallest absolute Gasteiger partial charge is 0.255 e. The molecule has 1 aliphatic heterocycles. The molecule has 18 heavy (non-hydrogen) atoms. The highest BCUT2D eigenvalue weighted by molar-refractivity contribution is 9.10. The molecule has 0 spiro atoms. The Labute approximate surface area is 116 Å². The third-order valence-electron chi connectivity index (χ3n) is 2.93. The van der Waals surface area contributed by atoms with Gasteiger partial charge in [0.2, 0.25) is 0 Å². The van der Waals surface area contributed by atoms with Crippen LogP contribution in [0.3, 0.4) is 0 Å². The maximum absolute atomic E-state index is 12.0. The van der Waals surface area contributed by atoms with Crippen LogP contribution in [-0.4, -0.2) is 32.8 Å². The van der Waals surface area contributed by atoms with Gasteiger partial charge < -0.3 is 10.4 Å². The highest BCUT2D eigenvalue weighted by Gasteiger charge is 2.21. The molecule has 0 saturated carbocycles. The standard InChI is InChI=1S/C12H14BrNO3S/c13-8-1-2-11(15)10(7-8)12(16)14-9-3-5-18(17)6-4-9/h1-2,7,9,15H,3-6H2,(H,14,16). The summed E-state index contributed by atoms with van der Waals surface area (Å²) in [6, 6.07) is 4.80. The predicted molar refractivity (Wildman–Crippen MR) is 74.2 cm³/mol. The Morgan fingerprint density at radius 3 is 2.72 bits per heavy atom. The van der Waals surface area contributed by atoms with Crippen LogP contribution in [0.15, 0.2) is 22.7 Å². The lowest BCUT2D eigenvalue weighted by molar-refractivity contribution is 0.0932. The topological polar surface area (TPSA) is 66.4 Å². The maximum Gasteiger partial charge on any atom is 0.255 e. The average Bonchev–Trinajstić information content (AvgIpc) is 2.35. The summed E-state index contributed by atoms with van der Waals surface area (Å²) < 4.78 is 12.0. The van der Waals surface area contributed by atoms with E-state index in [-0.39, 0.29) is 23.3 Å². The number of phenolic OH excluding ortho intramolecular Hbond substituents is 1. The Bertz CT molecular complexity index is 482. The van der Waals surface area contributed by atoms with E-state index in [1.165, 1.54) is 6.07 Å². The van der Waals surface area contributed by atoms with Gasteiger partial charge in [0.25, 0.3) is 5.91 Å². The summed E-state index contributed by atoms with van der Waals surface area (Å²) in [5, 5.41) is 12.5. The van der Waals surface area contributed by atoms with Gasteiger partial charge in [0.05, 0.1) is 5.56 Å². The van der Waals surface area contributed by atoms with Gasteiger partial charge in [-0.25, -0.2) is 0 Å². The van der Waals surface area contributed by atoms with Crippen molar-refractivity contribution < 1.29 is 14.1 Å². The fraction of sp³-hybridized carbons (Fsp3) is 0.417. The highest BCUT2D eigenvalue weighted by atomic mass is 79.9.